The lowest BCUT2D eigenvalue weighted by Crippen LogP contribution is -2.27. The Labute approximate surface area is 111 Å². The topological polar surface area (TPSA) is 58.6 Å². The van der Waals surface area contributed by atoms with Crippen LogP contribution in [0.2, 0.25) is 5.02 Å². The molecule has 0 bridgehead atoms. The van der Waals surface area contributed by atoms with E-state index in [1.165, 1.54) is 7.11 Å². The molecule has 2 N–H and O–H groups in total. The number of carbonyl (C=O) groups is 1. The van der Waals surface area contributed by atoms with Crippen molar-refractivity contribution in [1.29, 1.82) is 0 Å². The summed E-state index contributed by atoms with van der Waals surface area (Å²) >= 11 is 5.85. The summed E-state index contributed by atoms with van der Waals surface area (Å²) in [7, 11) is 1.50. The number of methoxy groups -OCH3 is 1. The second-order valence-corrected chi connectivity index (χ2v) is 3.92. The van der Waals surface area contributed by atoms with Crippen molar-refractivity contribution in [2.75, 3.05) is 13.7 Å². The Hall–Kier alpha value is -1.70. The zero-order chi connectivity index (χ0) is 13.5. The smallest absolute Gasteiger partial charge is 0.295 e. The van der Waals surface area contributed by atoms with Gasteiger partial charge in [-0.25, -0.2) is 0 Å². The normalized spacial score (nSPS) is 11.1. The van der Waals surface area contributed by atoms with Crippen molar-refractivity contribution in [3.8, 4) is 17.6 Å². The summed E-state index contributed by atoms with van der Waals surface area (Å²) in [5, 5.41) is 13.0. The standard InChI is InChI=1S/C13H14ClNO3/c1-3-4-13(17)15-8-11(16)10-7-9(14)5-6-12(10)18-2/h5-7,11,16H,8H2,1-2H3,(H,15,17). The molecule has 1 unspecified atom stereocenters. The van der Waals surface area contributed by atoms with E-state index in [0.29, 0.717) is 16.3 Å². The number of aliphatic hydroxyl groups excluding tert-OH is 1. The average Bonchev–Trinajstić information content (AvgIpc) is 2.36. The van der Waals surface area contributed by atoms with Gasteiger partial charge in [0.05, 0.1) is 13.2 Å². The van der Waals surface area contributed by atoms with Gasteiger partial charge in [0.15, 0.2) is 0 Å². The predicted octanol–water partition coefficient (Wildman–Crippen LogP) is 1.52. The number of nitrogens with one attached hydrogen (secondary N) is 1. The SMILES string of the molecule is CC#CC(=O)NCC(O)c1cc(Cl)ccc1OC. The molecule has 1 aromatic rings. The van der Waals surface area contributed by atoms with Gasteiger partial charge in [0.25, 0.3) is 5.91 Å². The van der Waals surface area contributed by atoms with Crippen LogP contribution < -0.4 is 10.1 Å². The highest BCUT2D eigenvalue weighted by Crippen LogP contribution is 2.27. The van der Waals surface area contributed by atoms with E-state index in [-0.39, 0.29) is 6.54 Å². The largest absolute Gasteiger partial charge is 0.496 e. The summed E-state index contributed by atoms with van der Waals surface area (Å²) < 4.78 is 5.12. The number of halogens is 1. The molecule has 18 heavy (non-hydrogen) atoms. The fraction of sp³-hybridized carbons (Fsp3) is 0.308. The number of aliphatic hydroxyl groups is 1. The molecule has 1 rings (SSSR count). The number of hydrogen-bond acceptors (Lipinski definition) is 3. The highest BCUT2D eigenvalue weighted by atomic mass is 35.5. The van der Waals surface area contributed by atoms with Crippen LogP contribution in [0, 0.1) is 11.8 Å². The van der Waals surface area contributed by atoms with Gasteiger partial charge in [-0.1, -0.05) is 17.5 Å². The number of amides is 1. The lowest BCUT2D eigenvalue weighted by Gasteiger charge is -2.15. The van der Waals surface area contributed by atoms with Crippen molar-refractivity contribution in [1.82, 2.24) is 5.32 Å². The van der Waals surface area contributed by atoms with E-state index in [1.54, 1.807) is 25.1 Å². The Morgan fingerprint density at radius 2 is 2.33 bits per heavy atom. The zero-order valence-electron chi connectivity index (χ0n) is 10.2. The van der Waals surface area contributed by atoms with Crippen LogP contribution in [-0.4, -0.2) is 24.7 Å². The number of benzene rings is 1. The monoisotopic (exact) mass is 267 g/mol. The van der Waals surface area contributed by atoms with Crippen LogP contribution in [0.5, 0.6) is 5.75 Å². The summed E-state index contributed by atoms with van der Waals surface area (Å²) in [5.74, 6) is 4.88. The van der Waals surface area contributed by atoms with Crippen molar-refractivity contribution in [2.24, 2.45) is 0 Å². The maximum Gasteiger partial charge on any atom is 0.295 e. The second kappa shape index (κ2) is 6.90. The van der Waals surface area contributed by atoms with Gasteiger partial charge in [0, 0.05) is 17.1 Å². The van der Waals surface area contributed by atoms with Gasteiger partial charge < -0.3 is 15.2 Å². The van der Waals surface area contributed by atoms with Crippen LogP contribution in [0.15, 0.2) is 18.2 Å². The molecule has 0 radical (unpaired) electrons. The second-order valence-electron chi connectivity index (χ2n) is 3.49. The minimum atomic E-state index is -0.902. The van der Waals surface area contributed by atoms with Gasteiger partial charge in [0.1, 0.15) is 5.75 Å². The summed E-state index contributed by atoms with van der Waals surface area (Å²) in [6, 6.07) is 4.93. The summed E-state index contributed by atoms with van der Waals surface area (Å²) in [6.45, 7) is 1.61. The Morgan fingerprint density at radius 3 is 2.94 bits per heavy atom. The maximum atomic E-state index is 11.1. The lowest BCUT2D eigenvalue weighted by atomic mass is 10.1. The Morgan fingerprint density at radius 1 is 1.61 bits per heavy atom. The van der Waals surface area contributed by atoms with Crippen LogP contribution in [0.25, 0.3) is 0 Å². The number of rotatable bonds is 4. The van der Waals surface area contributed by atoms with E-state index in [9.17, 15) is 9.90 Å². The predicted molar refractivity (Wildman–Crippen MR) is 69.4 cm³/mol. The van der Waals surface area contributed by atoms with Crippen molar-refractivity contribution in [3.63, 3.8) is 0 Å². The molecule has 5 heteroatoms. The molecule has 4 nitrogen and oxygen atoms in total. The summed E-state index contributed by atoms with van der Waals surface area (Å²) in [5.41, 5.74) is 0.523. The molecule has 0 aliphatic carbocycles. The summed E-state index contributed by atoms with van der Waals surface area (Å²) in [6.07, 6.45) is -0.902. The van der Waals surface area contributed by atoms with E-state index in [4.69, 9.17) is 16.3 Å². The first-order valence-electron chi connectivity index (χ1n) is 5.30. The Kier molecular flexibility index (Phi) is 5.50. The molecule has 1 aromatic carbocycles. The fourth-order valence-corrected chi connectivity index (χ4v) is 1.60. The van der Waals surface area contributed by atoms with Gasteiger partial charge >= 0.3 is 0 Å². The van der Waals surface area contributed by atoms with Gasteiger partial charge in [-0.2, -0.15) is 0 Å². The highest BCUT2D eigenvalue weighted by Gasteiger charge is 2.14. The third-order valence-corrected chi connectivity index (χ3v) is 2.48. The van der Waals surface area contributed by atoms with Gasteiger partial charge in [-0.05, 0) is 31.0 Å². The van der Waals surface area contributed by atoms with E-state index in [0.717, 1.165) is 0 Å². The Bertz CT molecular complexity index is 491. The van der Waals surface area contributed by atoms with Crippen LogP contribution in [-0.2, 0) is 4.79 Å². The van der Waals surface area contributed by atoms with Crippen LogP contribution >= 0.6 is 11.6 Å². The highest BCUT2D eigenvalue weighted by molar-refractivity contribution is 6.30. The van der Waals surface area contributed by atoms with Crippen LogP contribution in [0.1, 0.15) is 18.6 Å². The zero-order valence-corrected chi connectivity index (χ0v) is 10.9. The average molecular weight is 268 g/mol. The molecule has 0 saturated carbocycles. The van der Waals surface area contributed by atoms with E-state index in [2.05, 4.69) is 17.2 Å². The quantitative estimate of drug-likeness (QED) is 0.814. The molecule has 1 atom stereocenters. The third kappa shape index (κ3) is 3.95. The molecule has 0 heterocycles. The number of ether oxygens (including phenoxy) is 1. The van der Waals surface area contributed by atoms with Crippen molar-refractivity contribution >= 4 is 17.5 Å². The molecule has 96 valence electrons. The maximum absolute atomic E-state index is 11.1. The van der Waals surface area contributed by atoms with Crippen LogP contribution in [0.4, 0.5) is 0 Å². The molecule has 1 amide bonds. The lowest BCUT2D eigenvalue weighted by molar-refractivity contribution is -0.116. The third-order valence-electron chi connectivity index (χ3n) is 2.25. The summed E-state index contributed by atoms with van der Waals surface area (Å²) in [4.78, 5) is 11.1. The van der Waals surface area contributed by atoms with Crippen molar-refractivity contribution < 1.29 is 14.6 Å². The van der Waals surface area contributed by atoms with E-state index < -0.39 is 12.0 Å². The molecule has 0 aromatic heterocycles. The molecule has 0 aliphatic heterocycles. The molecule has 0 saturated heterocycles. The first-order valence-corrected chi connectivity index (χ1v) is 5.68. The van der Waals surface area contributed by atoms with Crippen molar-refractivity contribution in [2.45, 2.75) is 13.0 Å². The molecule has 0 spiro atoms. The van der Waals surface area contributed by atoms with Crippen LogP contribution in [0.3, 0.4) is 0 Å². The Balaban J connectivity index is 2.76. The number of hydrogen-bond donors (Lipinski definition) is 2. The molecular formula is C13H14ClNO3. The molecular weight excluding hydrogens is 254 g/mol. The first kappa shape index (κ1) is 14.4. The number of carbonyl (C=O) groups excluding carboxylic acids is 1. The minimum absolute atomic E-state index is 0.0458. The first-order chi connectivity index (χ1) is 8.58. The fourth-order valence-electron chi connectivity index (χ4n) is 1.42. The minimum Gasteiger partial charge on any atom is -0.496 e. The van der Waals surface area contributed by atoms with Gasteiger partial charge in [-0.15, -0.1) is 0 Å². The van der Waals surface area contributed by atoms with E-state index >= 15 is 0 Å². The van der Waals surface area contributed by atoms with Gasteiger partial charge in [0.2, 0.25) is 0 Å². The molecule has 0 fully saturated rings. The molecule has 0 aliphatic rings. The van der Waals surface area contributed by atoms with E-state index in [1.807, 2.05) is 0 Å². The van der Waals surface area contributed by atoms with Gasteiger partial charge in [-0.3, -0.25) is 4.79 Å². The van der Waals surface area contributed by atoms with Crippen molar-refractivity contribution in [3.05, 3.63) is 28.8 Å².